The quantitative estimate of drug-likeness (QED) is 0.667. The highest BCUT2D eigenvalue weighted by molar-refractivity contribution is 8.26. The van der Waals surface area contributed by atoms with Crippen molar-refractivity contribution in [1.29, 1.82) is 0 Å². The van der Waals surface area contributed by atoms with Crippen molar-refractivity contribution in [2.24, 2.45) is 0 Å². The Kier molecular flexibility index (Phi) is 4.57. The standard InChI is InChI=1S/C16H14ClN3OS2/c1-9-12(7-14-15(21)18-16(22)23-14)10(2)20(19-9)8-11-5-3-4-6-13(11)17/h3-7H,8H2,1-2H3,(H,18,21,22)/b14-7+. The summed E-state index contributed by atoms with van der Waals surface area (Å²) >= 11 is 12.5. The molecule has 2 aromatic rings. The predicted octanol–water partition coefficient (Wildman–Crippen LogP) is 3.69. The van der Waals surface area contributed by atoms with E-state index >= 15 is 0 Å². The van der Waals surface area contributed by atoms with Crippen LogP contribution in [0.1, 0.15) is 22.5 Å². The van der Waals surface area contributed by atoms with Crippen LogP contribution in [0.4, 0.5) is 0 Å². The summed E-state index contributed by atoms with van der Waals surface area (Å²) in [5, 5.41) is 7.91. The number of hydrogen-bond donors (Lipinski definition) is 1. The molecule has 1 N–H and O–H groups in total. The van der Waals surface area contributed by atoms with Gasteiger partial charge < -0.3 is 5.32 Å². The summed E-state index contributed by atoms with van der Waals surface area (Å²) in [7, 11) is 0. The van der Waals surface area contributed by atoms with E-state index in [2.05, 4.69) is 10.4 Å². The fourth-order valence-corrected chi connectivity index (χ4v) is 3.64. The summed E-state index contributed by atoms with van der Waals surface area (Å²) in [5.74, 6) is -0.155. The minimum Gasteiger partial charge on any atom is -0.307 e. The number of carbonyl (C=O) groups is 1. The number of halogens is 1. The molecule has 1 aliphatic rings. The number of thiocarbonyl (C=S) groups is 1. The van der Waals surface area contributed by atoms with Crippen LogP contribution in [0.15, 0.2) is 29.2 Å². The number of carbonyl (C=O) groups excluding carboxylic acids is 1. The van der Waals surface area contributed by atoms with E-state index in [9.17, 15) is 4.79 Å². The van der Waals surface area contributed by atoms with Crippen LogP contribution in [0.25, 0.3) is 6.08 Å². The third-order valence-corrected chi connectivity index (χ3v) is 5.16. The van der Waals surface area contributed by atoms with Crippen LogP contribution in [0.3, 0.4) is 0 Å². The lowest BCUT2D eigenvalue weighted by molar-refractivity contribution is -0.115. The lowest BCUT2D eigenvalue weighted by Gasteiger charge is -2.06. The summed E-state index contributed by atoms with van der Waals surface area (Å²) < 4.78 is 2.39. The summed E-state index contributed by atoms with van der Waals surface area (Å²) in [5.41, 5.74) is 3.81. The Bertz CT molecular complexity index is 842. The number of aryl methyl sites for hydroxylation is 1. The Balaban J connectivity index is 1.94. The Hall–Kier alpha value is -1.63. The van der Waals surface area contributed by atoms with Gasteiger partial charge in [0.1, 0.15) is 4.32 Å². The number of thioether (sulfide) groups is 1. The molecule has 0 spiro atoms. The monoisotopic (exact) mass is 363 g/mol. The van der Waals surface area contributed by atoms with Crippen LogP contribution in [-0.4, -0.2) is 20.0 Å². The zero-order chi connectivity index (χ0) is 16.6. The number of rotatable bonds is 3. The molecule has 1 aromatic heterocycles. The van der Waals surface area contributed by atoms with Gasteiger partial charge in [-0.05, 0) is 31.6 Å². The summed E-state index contributed by atoms with van der Waals surface area (Å²) in [6.07, 6.45) is 1.85. The molecule has 7 heteroatoms. The van der Waals surface area contributed by atoms with Crippen LogP contribution in [0.5, 0.6) is 0 Å². The van der Waals surface area contributed by atoms with Gasteiger partial charge in [0.25, 0.3) is 5.91 Å². The van der Waals surface area contributed by atoms with E-state index in [4.69, 9.17) is 23.8 Å². The highest BCUT2D eigenvalue weighted by atomic mass is 35.5. The van der Waals surface area contributed by atoms with Gasteiger partial charge in [-0.2, -0.15) is 5.10 Å². The molecule has 0 atom stereocenters. The van der Waals surface area contributed by atoms with Crippen molar-refractivity contribution in [2.75, 3.05) is 0 Å². The average Bonchev–Trinajstić information content (AvgIpc) is 2.95. The van der Waals surface area contributed by atoms with E-state index in [1.54, 1.807) is 0 Å². The second-order valence-corrected chi connectivity index (χ2v) is 7.31. The largest absolute Gasteiger partial charge is 0.307 e. The highest BCUT2D eigenvalue weighted by Gasteiger charge is 2.23. The van der Waals surface area contributed by atoms with Crippen LogP contribution in [0.2, 0.25) is 5.02 Å². The number of aromatic nitrogens is 2. The zero-order valence-corrected chi connectivity index (χ0v) is 15.0. The van der Waals surface area contributed by atoms with Gasteiger partial charge in [-0.15, -0.1) is 0 Å². The second kappa shape index (κ2) is 6.47. The summed E-state index contributed by atoms with van der Waals surface area (Å²) in [6, 6.07) is 7.71. The van der Waals surface area contributed by atoms with Gasteiger partial charge >= 0.3 is 0 Å². The lowest BCUT2D eigenvalue weighted by atomic mass is 10.1. The molecule has 4 nitrogen and oxygen atoms in total. The van der Waals surface area contributed by atoms with Crippen LogP contribution in [0, 0.1) is 13.8 Å². The van der Waals surface area contributed by atoms with E-state index < -0.39 is 0 Å². The van der Waals surface area contributed by atoms with Crippen LogP contribution < -0.4 is 5.32 Å². The third-order valence-electron chi connectivity index (χ3n) is 3.63. The van der Waals surface area contributed by atoms with E-state index in [1.165, 1.54) is 11.8 Å². The molecule has 1 saturated heterocycles. The molecule has 0 bridgehead atoms. The van der Waals surface area contributed by atoms with Crippen molar-refractivity contribution in [3.8, 4) is 0 Å². The third kappa shape index (κ3) is 3.34. The van der Waals surface area contributed by atoms with Crippen LogP contribution in [-0.2, 0) is 11.3 Å². The number of nitrogens with one attached hydrogen (secondary N) is 1. The molecule has 0 saturated carbocycles. The van der Waals surface area contributed by atoms with Crippen molar-refractivity contribution in [2.45, 2.75) is 20.4 Å². The number of hydrogen-bond acceptors (Lipinski definition) is 4. The van der Waals surface area contributed by atoms with Crippen LogP contribution >= 0.6 is 35.6 Å². The van der Waals surface area contributed by atoms with Crippen molar-refractivity contribution < 1.29 is 4.79 Å². The smallest absolute Gasteiger partial charge is 0.263 e. The first-order valence-electron chi connectivity index (χ1n) is 6.98. The Morgan fingerprint density at radius 1 is 1.39 bits per heavy atom. The normalized spacial score (nSPS) is 16.2. The van der Waals surface area contributed by atoms with Crippen molar-refractivity contribution >= 4 is 51.9 Å². The minimum atomic E-state index is -0.155. The van der Waals surface area contributed by atoms with Gasteiger partial charge in [-0.1, -0.05) is 53.8 Å². The summed E-state index contributed by atoms with van der Waals surface area (Å²) in [6.45, 7) is 4.50. The first-order chi connectivity index (χ1) is 11.0. The predicted molar refractivity (Wildman–Crippen MR) is 98.6 cm³/mol. The Morgan fingerprint density at radius 2 is 2.13 bits per heavy atom. The maximum Gasteiger partial charge on any atom is 0.263 e. The molecular formula is C16H14ClN3OS2. The first kappa shape index (κ1) is 16.2. The SMILES string of the molecule is Cc1nn(Cc2ccccc2Cl)c(C)c1/C=C1/SC(=S)NC1=O. The van der Waals surface area contributed by atoms with E-state index in [-0.39, 0.29) is 5.91 Å². The number of benzene rings is 1. The molecule has 0 aliphatic carbocycles. The summed E-state index contributed by atoms with van der Waals surface area (Å²) in [4.78, 5) is 12.4. The highest BCUT2D eigenvalue weighted by Crippen LogP contribution is 2.28. The van der Waals surface area contributed by atoms with Gasteiger partial charge in [0, 0.05) is 16.3 Å². The maximum absolute atomic E-state index is 11.8. The molecule has 1 fully saturated rings. The molecule has 1 aromatic carbocycles. The zero-order valence-electron chi connectivity index (χ0n) is 12.6. The van der Waals surface area contributed by atoms with E-state index in [0.717, 1.165) is 27.5 Å². The maximum atomic E-state index is 11.8. The number of amides is 1. The molecule has 1 amide bonds. The van der Waals surface area contributed by atoms with Gasteiger partial charge in [0.05, 0.1) is 17.1 Å². The lowest BCUT2D eigenvalue weighted by Crippen LogP contribution is -2.17. The van der Waals surface area contributed by atoms with Gasteiger partial charge in [0.15, 0.2) is 0 Å². The fourth-order valence-electron chi connectivity index (χ4n) is 2.41. The molecule has 23 heavy (non-hydrogen) atoms. The van der Waals surface area contributed by atoms with E-state index in [0.29, 0.717) is 15.8 Å². The van der Waals surface area contributed by atoms with Crippen molar-refractivity contribution in [3.05, 3.63) is 56.7 Å². The first-order valence-corrected chi connectivity index (χ1v) is 8.58. The molecule has 0 radical (unpaired) electrons. The van der Waals surface area contributed by atoms with Crippen molar-refractivity contribution in [3.63, 3.8) is 0 Å². The van der Waals surface area contributed by atoms with Gasteiger partial charge in [-0.3, -0.25) is 9.48 Å². The second-order valence-electron chi connectivity index (χ2n) is 5.19. The fraction of sp³-hybridized carbons (Fsp3) is 0.188. The topological polar surface area (TPSA) is 46.9 Å². The van der Waals surface area contributed by atoms with Gasteiger partial charge in [-0.25, -0.2) is 0 Å². The van der Waals surface area contributed by atoms with E-state index in [1.807, 2.05) is 48.9 Å². The molecule has 0 unspecified atom stereocenters. The molecular weight excluding hydrogens is 350 g/mol. The molecule has 118 valence electrons. The minimum absolute atomic E-state index is 0.155. The number of nitrogens with zero attached hydrogens (tertiary/aromatic N) is 2. The molecule has 2 heterocycles. The average molecular weight is 364 g/mol. The Morgan fingerprint density at radius 3 is 2.78 bits per heavy atom. The Labute approximate surface area is 148 Å². The van der Waals surface area contributed by atoms with Gasteiger partial charge in [0.2, 0.25) is 0 Å². The molecule has 3 rings (SSSR count). The molecule has 1 aliphatic heterocycles. The van der Waals surface area contributed by atoms with Crippen molar-refractivity contribution in [1.82, 2.24) is 15.1 Å².